The summed E-state index contributed by atoms with van der Waals surface area (Å²) in [5.41, 5.74) is 8.10. The molecule has 1 amide bonds. The highest BCUT2D eigenvalue weighted by molar-refractivity contribution is 5.81. The van der Waals surface area contributed by atoms with Gasteiger partial charge in [0.15, 0.2) is 0 Å². The van der Waals surface area contributed by atoms with E-state index in [1.54, 1.807) is 0 Å². The van der Waals surface area contributed by atoms with Crippen LogP contribution in [0, 0.1) is 0 Å². The molecule has 0 saturated heterocycles. The Bertz CT molecular complexity index is 557. The van der Waals surface area contributed by atoms with Crippen molar-refractivity contribution in [3.63, 3.8) is 0 Å². The molecule has 0 fully saturated rings. The van der Waals surface area contributed by atoms with Crippen LogP contribution in [0.5, 0.6) is 0 Å². The van der Waals surface area contributed by atoms with Crippen LogP contribution in [-0.2, 0) is 11.2 Å². The molecule has 4 N–H and O–H groups in total. The summed E-state index contributed by atoms with van der Waals surface area (Å²) in [7, 11) is 0. The summed E-state index contributed by atoms with van der Waals surface area (Å²) in [5, 5.41) is 6.19. The molecule has 1 atom stereocenters. The van der Waals surface area contributed by atoms with Crippen LogP contribution in [0.2, 0.25) is 0 Å². The molecule has 22 heavy (non-hydrogen) atoms. The van der Waals surface area contributed by atoms with Gasteiger partial charge in [-0.3, -0.25) is 4.79 Å². The van der Waals surface area contributed by atoms with Crippen LogP contribution in [-0.4, -0.2) is 25.0 Å². The Kier molecular flexibility index (Phi) is 6.45. The largest absolute Gasteiger partial charge is 0.385 e. The summed E-state index contributed by atoms with van der Waals surface area (Å²) in [6.07, 6.45) is 1.42. The van der Waals surface area contributed by atoms with E-state index in [2.05, 4.69) is 10.6 Å². The van der Waals surface area contributed by atoms with E-state index in [1.807, 2.05) is 60.7 Å². The molecule has 0 aliphatic carbocycles. The van der Waals surface area contributed by atoms with Crippen molar-refractivity contribution in [2.75, 3.05) is 18.4 Å². The second-order valence-corrected chi connectivity index (χ2v) is 5.23. The Morgan fingerprint density at radius 1 is 0.955 bits per heavy atom. The van der Waals surface area contributed by atoms with Crippen LogP contribution < -0.4 is 16.4 Å². The Balaban J connectivity index is 1.61. The Hall–Kier alpha value is -2.33. The van der Waals surface area contributed by atoms with Crippen molar-refractivity contribution in [3.8, 4) is 0 Å². The van der Waals surface area contributed by atoms with Gasteiger partial charge in [0, 0.05) is 18.8 Å². The normalized spacial score (nSPS) is 11.7. The Morgan fingerprint density at radius 3 is 2.27 bits per heavy atom. The van der Waals surface area contributed by atoms with Crippen molar-refractivity contribution in [2.45, 2.75) is 18.9 Å². The first-order valence-electron chi connectivity index (χ1n) is 7.62. The lowest BCUT2D eigenvalue weighted by Gasteiger charge is -2.12. The standard InChI is InChI=1S/C18H23N3O/c19-17(14-15-8-3-1-4-9-15)18(22)21-13-7-12-20-16-10-5-2-6-11-16/h1-6,8-11,17,20H,7,12-14,19H2,(H,21,22). The van der Waals surface area contributed by atoms with E-state index < -0.39 is 6.04 Å². The third-order valence-corrected chi connectivity index (χ3v) is 3.39. The van der Waals surface area contributed by atoms with Gasteiger partial charge in [0.05, 0.1) is 6.04 Å². The third-order valence-electron chi connectivity index (χ3n) is 3.39. The Morgan fingerprint density at radius 2 is 1.59 bits per heavy atom. The molecule has 0 saturated carbocycles. The average molecular weight is 297 g/mol. The smallest absolute Gasteiger partial charge is 0.237 e. The second kappa shape index (κ2) is 8.85. The maximum atomic E-state index is 11.9. The van der Waals surface area contributed by atoms with Gasteiger partial charge in [-0.15, -0.1) is 0 Å². The number of para-hydroxylation sites is 1. The number of amides is 1. The quantitative estimate of drug-likeness (QED) is 0.654. The minimum absolute atomic E-state index is 0.0939. The first-order chi connectivity index (χ1) is 10.8. The topological polar surface area (TPSA) is 67.2 Å². The third kappa shape index (κ3) is 5.58. The number of hydrogen-bond donors (Lipinski definition) is 3. The fraction of sp³-hybridized carbons (Fsp3) is 0.278. The maximum absolute atomic E-state index is 11.9. The van der Waals surface area contributed by atoms with Crippen LogP contribution in [0.3, 0.4) is 0 Å². The summed E-state index contributed by atoms with van der Waals surface area (Å²) in [4.78, 5) is 11.9. The lowest BCUT2D eigenvalue weighted by atomic mass is 10.1. The lowest BCUT2D eigenvalue weighted by molar-refractivity contribution is -0.122. The van der Waals surface area contributed by atoms with Crippen molar-refractivity contribution in [2.24, 2.45) is 5.73 Å². The number of rotatable bonds is 8. The molecule has 1 unspecified atom stereocenters. The summed E-state index contributed by atoms with van der Waals surface area (Å²) in [6, 6.07) is 19.3. The van der Waals surface area contributed by atoms with Gasteiger partial charge in [-0.25, -0.2) is 0 Å². The number of hydrogen-bond acceptors (Lipinski definition) is 3. The van der Waals surface area contributed by atoms with Gasteiger partial charge in [0.2, 0.25) is 5.91 Å². The average Bonchev–Trinajstić information content (AvgIpc) is 2.56. The van der Waals surface area contributed by atoms with Gasteiger partial charge >= 0.3 is 0 Å². The van der Waals surface area contributed by atoms with Gasteiger partial charge in [0.1, 0.15) is 0 Å². The molecule has 4 nitrogen and oxygen atoms in total. The predicted octanol–water partition coefficient (Wildman–Crippen LogP) is 2.17. The zero-order chi connectivity index (χ0) is 15.6. The first-order valence-corrected chi connectivity index (χ1v) is 7.62. The van der Waals surface area contributed by atoms with Gasteiger partial charge in [-0.05, 0) is 30.5 Å². The van der Waals surface area contributed by atoms with Crippen molar-refractivity contribution in [1.29, 1.82) is 0 Å². The van der Waals surface area contributed by atoms with E-state index in [9.17, 15) is 4.79 Å². The summed E-state index contributed by atoms with van der Waals surface area (Å²) in [6.45, 7) is 1.44. The minimum atomic E-state index is -0.496. The molecule has 2 rings (SSSR count). The SMILES string of the molecule is NC(Cc1ccccc1)C(=O)NCCCNc1ccccc1. The van der Waals surface area contributed by atoms with Crippen LogP contribution >= 0.6 is 0 Å². The number of carbonyl (C=O) groups is 1. The number of anilines is 1. The van der Waals surface area contributed by atoms with E-state index >= 15 is 0 Å². The van der Waals surface area contributed by atoms with Gasteiger partial charge in [-0.2, -0.15) is 0 Å². The van der Waals surface area contributed by atoms with Crippen molar-refractivity contribution >= 4 is 11.6 Å². The second-order valence-electron chi connectivity index (χ2n) is 5.23. The van der Waals surface area contributed by atoms with E-state index in [-0.39, 0.29) is 5.91 Å². The van der Waals surface area contributed by atoms with Gasteiger partial charge in [-0.1, -0.05) is 48.5 Å². The molecular weight excluding hydrogens is 274 g/mol. The number of nitrogens with two attached hydrogens (primary N) is 1. The number of carbonyl (C=O) groups excluding carboxylic acids is 1. The van der Waals surface area contributed by atoms with Crippen LogP contribution in [0.4, 0.5) is 5.69 Å². The molecule has 0 heterocycles. The zero-order valence-electron chi connectivity index (χ0n) is 12.7. The van der Waals surface area contributed by atoms with E-state index in [0.29, 0.717) is 13.0 Å². The summed E-state index contributed by atoms with van der Waals surface area (Å²) < 4.78 is 0. The highest BCUT2D eigenvalue weighted by atomic mass is 16.2. The van der Waals surface area contributed by atoms with Crippen molar-refractivity contribution in [3.05, 3.63) is 66.2 Å². The van der Waals surface area contributed by atoms with Crippen LogP contribution in [0.1, 0.15) is 12.0 Å². The summed E-state index contributed by atoms with van der Waals surface area (Å²) >= 11 is 0. The van der Waals surface area contributed by atoms with Crippen LogP contribution in [0.25, 0.3) is 0 Å². The molecule has 4 heteroatoms. The highest BCUT2D eigenvalue weighted by Crippen LogP contribution is 2.04. The van der Waals surface area contributed by atoms with Crippen molar-refractivity contribution < 1.29 is 4.79 Å². The molecule has 116 valence electrons. The summed E-state index contributed by atoms with van der Waals surface area (Å²) in [5.74, 6) is -0.0939. The van der Waals surface area contributed by atoms with Gasteiger partial charge in [0.25, 0.3) is 0 Å². The molecule has 2 aromatic rings. The number of nitrogens with one attached hydrogen (secondary N) is 2. The van der Waals surface area contributed by atoms with Gasteiger partial charge < -0.3 is 16.4 Å². The molecule has 0 spiro atoms. The predicted molar refractivity (Wildman–Crippen MR) is 90.7 cm³/mol. The molecule has 0 aliphatic rings. The minimum Gasteiger partial charge on any atom is -0.385 e. The molecular formula is C18H23N3O. The van der Waals surface area contributed by atoms with Crippen molar-refractivity contribution in [1.82, 2.24) is 5.32 Å². The zero-order valence-corrected chi connectivity index (χ0v) is 12.7. The highest BCUT2D eigenvalue weighted by Gasteiger charge is 2.12. The Labute approximate surface area is 131 Å². The molecule has 0 radical (unpaired) electrons. The number of benzene rings is 2. The maximum Gasteiger partial charge on any atom is 0.237 e. The molecule has 0 aromatic heterocycles. The fourth-order valence-electron chi connectivity index (χ4n) is 2.18. The van der Waals surface area contributed by atoms with E-state index in [1.165, 1.54) is 0 Å². The first kappa shape index (κ1) is 16.0. The van der Waals surface area contributed by atoms with E-state index in [4.69, 9.17) is 5.73 Å². The molecule has 2 aromatic carbocycles. The monoisotopic (exact) mass is 297 g/mol. The fourth-order valence-corrected chi connectivity index (χ4v) is 2.18. The molecule has 0 aliphatic heterocycles. The van der Waals surface area contributed by atoms with Crippen LogP contribution in [0.15, 0.2) is 60.7 Å². The lowest BCUT2D eigenvalue weighted by Crippen LogP contribution is -2.42. The van der Waals surface area contributed by atoms with E-state index in [0.717, 1.165) is 24.2 Å². The molecule has 0 bridgehead atoms.